The SMILES string of the molecule is Cc1cc(Nc2nc(Nc3ccccc3S(=O)(=O)C(C)C)c3cc[nH]c3[nH+]2)c(OC(C)C)cc1C1CCCN(C)C1. The van der Waals surface area contributed by atoms with Crippen molar-refractivity contribution in [1.29, 1.82) is 0 Å². The van der Waals surface area contributed by atoms with Crippen LogP contribution in [0.25, 0.3) is 11.0 Å². The van der Waals surface area contributed by atoms with E-state index < -0.39 is 15.1 Å². The fourth-order valence-corrected chi connectivity index (χ4v) is 6.68. The minimum Gasteiger partial charge on any atom is -0.488 e. The van der Waals surface area contributed by atoms with Gasteiger partial charge in [0.05, 0.1) is 27.3 Å². The molecule has 4 aromatic rings. The van der Waals surface area contributed by atoms with Crippen LogP contribution in [-0.2, 0) is 9.84 Å². The first kappa shape index (κ1) is 28.9. The van der Waals surface area contributed by atoms with E-state index in [-0.39, 0.29) is 11.0 Å². The first-order valence-electron chi connectivity index (χ1n) is 14.3. The number of hydrogen-bond donors (Lipinski definition) is 3. The van der Waals surface area contributed by atoms with Gasteiger partial charge in [-0.15, -0.1) is 0 Å². The van der Waals surface area contributed by atoms with Crippen molar-refractivity contribution in [2.45, 2.75) is 69.6 Å². The molecule has 0 aliphatic carbocycles. The zero-order valence-electron chi connectivity index (χ0n) is 24.7. The van der Waals surface area contributed by atoms with E-state index in [0.29, 0.717) is 23.4 Å². The molecule has 0 radical (unpaired) electrons. The Balaban J connectivity index is 1.53. The van der Waals surface area contributed by atoms with E-state index in [2.05, 4.69) is 51.6 Å². The van der Waals surface area contributed by atoms with Gasteiger partial charge in [-0.05, 0) is 108 Å². The molecular weight excluding hydrogens is 536 g/mol. The zero-order chi connectivity index (χ0) is 29.3. The summed E-state index contributed by atoms with van der Waals surface area (Å²) in [4.78, 5) is 14.0. The molecule has 218 valence electrons. The molecule has 1 saturated heterocycles. The second-order valence-corrected chi connectivity index (χ2v) is 14.0. The molecule has 1 aliphatic heterocycles. The van der Waals surface area contributed by atoms with Gasteiger partial charge in [-0.3, -0.25) is 10.3 Å². The quantitative estimate of drug-likeness (QED) is 0.225. The lowest BCUT2D eigenvalue weighted by molar-refractivity contribution is -0.333. The van der Waals surface area contributed by atoms with Gasteiger partial charge in [-0.1, -0.05) is 17.1 Å². The number of likely N-dealkylation sites (N-methyl/N-ethyl adjacent to an activating group) is 1. The standard InChI is InChI=1S/C31H40N6O3S/c1-19(2)40-27-17-24(22-10-9-15-37(6)18-22)21(5)16-26(27)34-31-35-29-23(13-14-32-29)30(36-31)33-25-11-7-8-12-28(25)41(38,39)20(3)4/h7-8,11-14,16-17,19-20,22H,9-10,15,18H2,1-6H3,(H3,32,33,34,35,36)/p+1. The summed E-state index contributed by atoms with van der Waals surface area (Å²) in [7, 11) is -1.32. The van der Waals surface area contributed by atoms with Crippen LogP contribution < -0.4 is 20.4 Å². The summed E-state index contributed by atoms with van der Waals surface area (Å²) in [5, 5.41) is 7.00. The molecule has 3 heterocycles. The molecule has 1 fully saturated rings. The van der Waals surface area contributed by atoms with Crippen molar-refractivity contribution in [3.8, 4) is 5.75 Å². The maximum atomic E-state index is 13.1. The number of nitrogens with zero attached hydrogens (tertiary/aromatic N) is 2. The van der Waals surface area contributed by atoms with E-state index in [9.17, 15) is 8.42 Å². The van der Waals surface area contributed by atoms with E-state index in [0.717, 1.165) is 35.6 Å². The van der Waals surface area contributed by atoms with Crippen molar-refractivity contribution in [2.24, 2.45) is 0 Å². The van der Waals surface area contributed by atoms with Crippen molar-refractivity contribution < 1.29 is 18.1 Å². The zero-order valence-corrected chi connectivity index (χ0v) is 25.5. The summed E-state index contributed by atoms with van der Waals surface area (Å²) in [6.45, 7) is 11.7. The Morgan fingerprint density at radius 3 is 2.61 bits per heavy atom. The molecule has 1 unspecified atom stereocenters. The van der Waals surface area contributed by atoms with Crippen molar-refractivity contribution >= 4 is 44.0 Å². The smallest absolute Gasteiger partial charge is 0.351 e. The number of sulfone groups is 1. The average Bonchev–Trinajstić information content (AvgIpc) is 3.39. The molecule has 4 N–H and O–H groups in total. The second-order valence-electron chi connectivity index (χ2n) is 11.5. The van der Waals surface area contributed by atoms with Gasteiger partial charge in [0.25, 0.3) is 0 Å². The fraction of sp³-hybridized carbons (Fsp3) is 0.419. The van der Waals surface area contributed by atoms with Crippen LogP contribution in [0.3, 0.4) is 0 Å². The molecule has 9 nitrogen and oxygen atoms in total. The highest BCUT2D eigenvalue weighted by molar-refractivity contribution is 7.92. The molecule has 2 aromatic carbocycles. The summed E-state index contributed by atoms with van der Waals surface area (Å²) in [6.07, 6.45) is 4.18. The Morgan fingerprint density at radius 2 is 1.88 bits per heavy atom. The number of benzene rings is 2. The van der Waals surface area contributed by atoms with Gasteiger partial charge in [-0.2, -0.15) is 0 Å². The number of H-pyrrole nitrogens is 2. The number of aromatic nitrogens is 3. The van der Waals surface area contributed by atoms with Crippen LogP contribution >= 0.6 is 0 Å². The van der Waals surface area contributed by atoms with Crippen LogP contribution in [0.5, 0.6) is 5.75 Å². The number of piperidine rings is 1. The number of hydrogen-bond acceptors (Lipinski definition) is 7. The molecule has 0 saturated carbocycles. The van der Waals surface area contributed by atoms with Gasteiger partial charge in [0, 0.05) is 12.7 Å². The second kappa shape index (κ2) is 11.7. The van der Waals surface area contributed by atoms with E-state index in [4.69, 9.17) is 9.72 Å². The highest BCUT2D eigenvalue weighted by Gasteiger charge is 2.26. The third-order valence-corrected chi connectivity index (χ3v) is 9.79. The van der Waals surface area contributed by atoms with Crippen molar-refractivity contribution in [3.63, 3.8) is 0 Å². The molecular formula is C31H41N6O3S+. The summed E-state index contributed by atoms with van der Waals surface area (Å²) in [6, 6.07) is 13.2. The third kappa shape index (κ3) is 6.18. The highest BCUT2D eigenvalue weighted by atomic mass is 32.2. The minimum atomic E-state index is -3.51. The Kier molecular flexibility index (Phi) is 8.24. The van der Waals surface area contributed by atoms with E-state index >= 15 is 0 Å². The van der Waals surface area contributed by atoms with Gasteiger partial charge >= 0.3 is 5.95 Å². The van der Waals surface area contributed by atoms with E-state index in [1.54, 1.807) is 32.0 Å². The van der Waals surface area contributed by atoms with Gasteiger partial charge in [0.2, 0.25) is 11.5 Å². The van der Waals surface area contributed by atoms with Crippen LogP contribution in [0, 0.1) is 6.92 Å². The van der Waals surface area contributed by atoms with Crippen molar-refractivity contribution in [2.75, 3.05) is 30.8 Å². The molecule has 41 heavy (non-hydrogen) atoms. The highest BCUT2D eigenvalue weighted by Crippen LogP contribution is 2.37. The maximum absolute atomic E-state index is 13.1. The Labute approximate surface area is 242 Å². The number of ether oxygens (including phenoxy) is 1. The summed E-state index contributed by atoms with van der Waals surface area (Å²) >= 11 is 0. The number of likely N-dealkylation sites (tertiary alicyclic amines) is 1. The van der Waals surface area contributed by atoms with Crippen LogP contribution in [0.2, 0.25) is 0 Å². The molecule has 1 atom stereocenters. The number of aryl methyl sites for hydroxylation is 1. The van der Waals surface area contributed by atoms with Crippen molar-refractivity contribution in [3.05, 3.63) is 59.8 Å². The topological polar surface area (TPSA) is 113 Å². The molecule has 0 bridgehead atoms. The number of aromatic amines is 2. The largest absolute Gasteiger partial charge is 0.488 e. The minimum absolute atomic E-state index is 0.000373. The van der Waals surface area contributed by atoms with Gasteiger partial charge in [0.15, 0.2) is 15.6 Å². The number of para-hydroxylation sites is 1. The first-order chi connectivity index (χ1) is 19.5. The summed E-state index contributed by atoms with van der Waals surface area (Å²) in [5.41, 5.74) is 4.57. The normalized spacial score (nSPS) is 16.4. The predicted octanol–water partition coefficient (Wildman–Crippen LogP) is 5.95. The fourth-order valence-electron chi connectivity index (χ4n) is 5.48. The number of fused-ring (bicyclic) bond motifs is 1. The van der Waals surface area contributed by atoms with Crippen LogP contribution in [-0.4, -0.2) is 54.8 Å². The first-order valence-corrected chi connectivity index (χ1v) is 15.8. The number of rotatable bonds is 9. The van der Waals surface area contributed by atoms with Gasteiger partial charge in [-0.25, -0.2) is 13.4 Å². The Morgan fingerprint density at radius 1 is 1.10 bits per heavy atom. The van der Waals surface area contributed by atoms with Crippen LogP contribution in [0.4, 0.5) is 23.1 Å². The maximum Gasteiger partial charge on any atom is 0.351 e. The predicted molar refractivity (Wildman–Crippen MR) is 164 cm³/mol. The third-order valence-electron chi connectivity index (χ3n) is 7.58. The molecule has 0 spiro atoms. The Hall–Kier alpha value is -3.63. The van der Waals surface area contributed by atoms with E-state index in [1.165, 1.54) is 24.0 Å². The lowest BCUT2D eigenvalue weighted by Crippen LogP contribution is -2.31. The molecule has 2 aromatic heterocycles. The van der Waals surface area contributed by atoms with Gasteiger partial charge in [0.1, 0.15) is 5.69 Å². The number of anilines is 4. The summed E-state index contributed by atoms with van der Waals surface area (Å²) < 4.78 is 32.5. The monoisotopic (exact) mass is 577 g/mol. The lowest BCUT2D eigenvalue weighted by atomic mass is 9.87. The molecule has 1 aliphatic rings. The molecule has 5 rings (SSSR count). The number of nitrogens with one attached hydrogen (secondary N) is 4. The molecule has 10 heteroatoms. The van der Waals surface area contributed by atoms with Crippen molar-refractivity contribution in [1.82, 2.24) is 14.9 Å². The molecule has 0 amide bonds. The lowest BCUT2D eigenvalue weighted by Gasteiger charge is -2.31. The van der Waals surface area contributed by atoms with Gasteiger partial charge < -0.3 is 15.0 Å². The summed E-state index contributed by atoms with van der Waals surface area (Å²) in [5.74, 6) is 2.26. The van der Waals surface area contributed by atoms with Crippen LogP contribution in [0.1, 0.15) is 57.6 Å². The average molecular weight is 578 g/mol. The Bertz CT molecular complexity index is 1650. The van der Waals surface area contributed by atoms with E-state index in [1.807, 2.05) is 32.2 Å². The van der Waals surface area contributed by atoms with Crippen LogP contribution in [0.15, 0.2) is 53.6 Å².